The molecule has 1 unspecified atom stereocenters. The highest BCUT2D eigenvalue weighted by Crippen LogP contribution is 2.18. The first kappa shape index (κ1) is 12.2. The Morgan fingerprint density at radius 1 is 1.35 bits per heavy atom. The van der Waals surface area contributed by atoms with Crippen LogP contribution >= 0.6 is 11.3 Å². The van der Waals surface area contributed by atoms with Gasteiger partial charge in [-0.05, 0) is 37.1 Å². The molecule has 90 valence electrons. The summed E-state index contributed by atoms with van der Waals surface area (Å²) in [7, 11) is 0. The molecule has 0 aromatic carbocycles. The lowest BCUT2D eigenvalue weighted by atomic mass is 10.1. The van der Waals surface area contributed by atoms with Crippen molar-refractivity contribution in [1.82, 2.24) is 15.3 Å². The van der Waals surface area contributed by atoms with Crippen molar-refractivity contribution in [2.75, 3.05) is 6.54 Å². The number of hydrogen-bond donors (Lipinski definition) is 1. The maximum atomic E-state index is 4.41. The summed E-state index contributed by atoms with van der Waals surface area (Å²) < 4.78 is 0. The fourth-order valence-electron chi connectivity index (χ4n) is 1.75. The van der Waals surface area contributed by atoms with E-state index < -0.39 is 0 Å². The summed E-state index contributed by atoms with van der Waals surface area (Å²) in [5.41, 5.74) is 4.32. The topological polar surface area (TPSA) is 37.8 Å². The highest BCUT2D eigenvalue weighted by atomic mass is 32.1. The van der Waals surface area contributed by atoms with Crippen LogP contribution in [0.2, 0.25) is 0 Å². The van der Waals surface area contributed by atoms with E-state index in [9.17, 15) is 0 Å². The number of hydrogen-bond acceptors (Lipinski definition) is 4. The van der Waals surface area contributed by atoms with Crippen LogP contribution in [0.25, 0.3) is 0 Å². The smallest absolute Gasteiger partial charge is 0.0795 e. The second-order valence-corrected chi connectivity index (χ2v) is 4.70. The molecule has 0 fully saturated rings. The van der Waals surface area contributed by atoms with Gasteiger partial charge in [-0.15, -0.1) is 11.3 Å². The second kappa shape index (κ2) is 6.47. The van der Waals surface area contributed by atoms with E-state index in [0.717, 1.165) is 25.1 Å². The molecule has 2 rings (SSSR count). The van der Waals surface area contributed by atoms with Gasteiger partial charge in [0.05, 0.1) is 17.2 Å². The lowest BCUT2D eigenvalue weighted by Gasteiger charge is -2.16. The molecule has 0 aliphatic carbocycles. The number of nitrogens with zero attached hydrogens (tertiary/aromatic N) is 2. The molecule has 3 nitrogen and oxygen atoms in total. The molecule has 1 N–H and O–H groups in total. The van der Waals surface area contributed by atoms with Gasteiger partial charge in [-0.2, -0.15) is 0 Å². The van der Waals surface area contributed by atoms with Gasteiger partial charge in [0.15, 0.2) is 0 Å². The Labute approximate surface area is 106 Å². The zero-order chi connectivity index (χ0) is 11.9. The Bertz CT molecular complexity index is 413. The Kier molecular flexibility index (Phi) is 4.64. The Morgan fingerprint density at radius 3 is 2.82 bits per heavy atom. The van der Waals surface area contributed by atoms with E-state index >= 15 is 0 Å². The molecular formula is C13H17N3S. The first-order chi connectivity index (χ1) is 8.40. The molecule has 0 saturated heterocycles. The zero-order valence-corrected chi connectivity index (χ0v) is 10.8. The van der Waals surface area contributed by atoms with Crippen LogP contribution in [0, 0.1) is 0 Å². The fraction of sp³-hybridized carbons (Fsp3) is 0.385. The maximum Gasteiger partial charge on any atom is 0.0795 e. The van der Waals surface area contributed by atoms with E-state index in [0.29, 0.717) is 6.04 Å². The summed E-state index contributed by atoms with van der Waals surface area (Å²) in [4.78, 5) is 8.45. The monoisotopic (exact) mass is 247 g/mol. The molecule has 0 aliphatic heterocycles. The van der Waals surface area contributed by atoms with Gasteiger partial charge in [0.1, 0.15) is 0 Å². The minimum absolute atomic E-state index is 0.309. The summed E-state index contributed by atoms with van der Waals surface area (Å²) in [6.45, 7) is 3.20. The van der Waals surface area contributed by atoms with Crippen LogP contribution in [-0.4, -0.2) is 16.5 Å². The van der Waals surface area contributed by atoms with Crippen molar-refractivity contribution in [3.05, 3.63) is 46.7 Å². The predicted molar refractivity (Wildman–Crippen MR) is 71.1 cm³/mol. The predicted octanol–water partition coefficient (Wildman–Crippen LogP) is 2.82. The zero-order valence-electron chi connectivity index (χ0n) is 9.97. The first-order valence-electron chi connectivity index (χ1n) is 5.90. The van der Waals surface area contributed by atoms with Crippen molar-refractivity contribution >= 4 is 11.3 Å². The minimum Gasteiger partial charge on any atom is -0.308 e. The van der Waals surface area contributed by atoms with E-state index in [1.165, 1.54) is 5.56 Å². The molecule has 0 saturated carbocycles. The minimum atomic E-state index is 0.309. The van der Waals surface area contributed by atoms with Crippen molar-refractivity contribution < 1.29 is 0 Å². The Hall–Kier alpha value is -1.26. The third kappa shape index (κ3) is 3.61. The fourth-order valence-corrected chi connectivity index (χ4v) is 2.36. The van der Waals surface area contributed by atoms with Crippen LogP contribution < -0.4 is 5.32 Å². The van der Waals surface area contributed by atoms with Crippen molar-refractivity contribution in [2.45, 2.75) is 25.8 Å². The molecule has 1 atom stereocenters. The van der Waals surface area contributed by atoms with Crippen molar-refractivity contribution in [3.63, 3.8) is 0 Å². The average molecular weight is 247 g/mol. The van der Waals surface area contributed by atoms with Crippen LogP contribution in [0.3, 0.4) is 0 Å². The Balaban J connectivity index is 2.06. The molecule has 0 amide bonds. The molecule has 2 aromatic heterocycles. The number of thiazole rings is 1. The highest BCUT2D eigenvalue weighted by Gasteiger charge is 2.13. The van der Waals surface area contributed by atoms with Crippen molar-refractivity contribution in [2.24, 2.45) is 0 Å². The lowest BCUT2D eigenvalue weighted by molar-refractivity contribution is 0.520. The van der Waals surface area contributed by atoms with Crippen molar-refractivity contribution in [3.8, 4) is 0 Å². The van der Waals surface area contributed by atoms with Gasteiger partial charge in [0, 0.05) is 17.8 Å². The molecule has 4 heteroatoms. The van der Waals surface area contributed by atoms with Gasteiger partial charge in [-0.25, -0.2) is 4.98 Å². The standard InChI is InChI=1S/C13H17N3S/c1-2-5-15-12(13-9-17-10-16-13)8-11-3-6-14-7-4-11/h3-4,6-7,9-10,12,15H,2,5,8H2,1H3. The second-order valence-electron chi connectivity index (χ2n) is 3.98. The lowest BCUT2D eigenvalue weighted by Crippen LogP contribution is -2.24. The average Bonchev–Trinajstić information content (AvgIpc) is 2.89. The summed E-state index contributed by atoms with van der Waals surface area (Å²) in [6, 6.07) is 4.43. The van der Waals surface area contributed by atoms with E-state index in [1.807, 2.05) is 17.9 Å². The number of rotatable bonds is 6. The quantitative estimate of drug-likeness (QED) is 0.853. The molecular weight excluding hydrogens is 230 g/mol. The van der Waals surface area contributed by atoms with Crippen molar-refractivity contribution in [1.29, 1.82) is 0 Å². The molecule has 0 aliphatic rings. The third-order valence-electron chi connectivity index (χ3n) is 2.64. The van der Waals surface area contributed by atoms with Gasteiger partial charge in [-0.1, -0.05) is 6.92 Å². The van der Waals surface area contributed by atoms with E-state index in [2.05, 4.69) is 39.7 Å². The van der Waals surface area contributed by atoms with E-state index in [1.54, 1.807) is 11.3 Å². The van der Waals surface area contributed by atoms with Gasteiger partial charge in [0.25, 0.3) is 0 Å². The Morgan fingerprint density at radius 2 is 2.18 bits per heavy atom. The molecule has 0 radical (unpaired) electrons. The summed E-state index contributed by atoms with van der Waals surface area (Å²) in [5.74, 6) is 0. The van der Waals surface area contributed by atoms with Crippen LogP contribution in [0.5, 0.6) is 0 Å². The summed E-state index contributed by atoms with van der Waals surface area (Å²) in [6.07, 6.45) is 5.78. The van der Waals surface area contributed by atoms with Gasteiger partial charge >= 0.3 is 0 Å². The van der Waals surface area contributed by atoms with Crippen LogP contribution in [0.1, 0.15) is 30.6 Å². The first-order valence-corrected chi connectivity index (χ1v) is 6.84. The molecule has 17 heavy (non-hydrogen) atoms. The van der Waals surface area contributed by atoms with Crippen LogP contribution in [0.4, 0.5) is 0 Å². The van der Waals surface area contributed by atoms with E-state index in [4.69, 9.17) is 0 Å². The van der Waals surface area contributed by atoms with E-state index in [-0.39, 0.29) is 0 Å². The van der Waals surface area contributed by atoms with Gasteiger partial charge in [-0.3, -0.25) is 4.98 Å². The number of nitrogens with one attached hydrogen (secondary N) is 1. The molecule has 0 bridgehead atoms. The van der Waals surface area contributed by atoms with Gasteiger partial charge in [0.2, 0.25) is 0 Å². The number of aromatic nitrogens is 2. The van der Waals surface area contributed by atoms with Crippen LogP contribution in [-0.2, 0) is 6.42 Å². The van der Waals surface area contributed by atoms with Gasteiger partial charge < -0.3 is 5.32 Å². The molecule has 0 spiro atoms. The normalized spacial score (nSPS) is 12.5. The largest absolute Gasteiger partial charge is 0.308 e. The SMILES string of the molecule is CCCNC(Cc1ccncc1)c1cscn1. The maximum absolute atomic E-state index is 4.41. The summed E-state index contributed by atoms with van der Waals surface area (Å²) in [5, 5.41) is 5.66. The molecule has 2 heterocycles. The van der Waals surface area contributed by atoms with Crippen LogP contribution in [0.15, 0.2) is 35.4 Å². The summed E-state index contributed by atoms with van der Waals surface area (Å²) >= 11 is 1.65. The highest BCUT2D eigenvalue weighted by molar-refractivity contribution is 7.07. The number of pyridine rings is 1. The molecule has 2 aromatic rings. The third-order valence-corrected chi connectivity index (χ3v) is 3.24.